The van der Waals surface area contributed by atoms with Gasteiger partial charge in [-0.2, -0.15) is 5.10 Å². The molecule has 2 aromatic heterocycles. The first-order chi connectivity index (χ1) is 8.59. The second-order valence-electron chi connectivity index (χ2n) is 4.67. The third-order valence-electron chi connectivity index (χ3n) is 3.37. The van der Waals surface area contributed by atoms with Crippen molar-refractivity contribution < 1.29 is 0 Å². The Kier molecular flexibility index (Phi) is 3.77. The Hall–Kier alpha value is -1.68. The fraction of sp³-hybridized carbons (Fsp3) is 0.429. The average molecular weight is 244 g/mol. The van der Waals surface area contributed by atoms with Crippen LogP contribution in [0.1, 0.15) is 42.9 Å². The first-order valence-electron chi connectivity index (χ1n) is 6.25. The maximum Gasteiger partial charge on any atom is 0.0570 e. The fourth-order valence-corrected chi connectivity index (χ4v) is 2.12. The van der Waals surface area contributed by atoms with Gasteiger partial charge in [0.05, 0.1) is 11.9 Å². The summed E-state index contributed by atoms with van der Waals surface area (Å²) in [4.78, 5) is 4.37. The predicted octanol–water partition coefficient (Wildman–Crippen LogP) is 2.54. The lowest BCUT2D eigenvalue weighted by atomic mass is 10.1. The number of nitrogens with zero attached hydrogens (tertiary/aromatic N) is 3. The smallest absolute Gasteiger partial charge is 0.0570 e. The highest BCUT2D eigenvalue weighted by Crippen LogP contribution is 2.20. The van der Waals surface area contributed by atoms with Gasteiger partial charge in [-0.15, -0.1) is 0 Å². The number of rotatable bonds is 4. The summed E-state index contributed by atoms with van der Waals surface area (Å²) in [6.45, 7) is 6.37. The standard InChI is InChI=1S/C14H20N4/c1-10(13-9-16-18(4)12(13)3)17-11(2)14-7-5-6-8-15-14/h5-11,17H,1-4H3. The van der Waals surface area contributed by atoms with Gasteiger partial charge in [0.2, 0.25) is 0 Å². The highest BCUT2D eigenvalue weighted by atomic mass is 15.3. The van der Waals surface area contributed by atoms with Crippen molar-refractivity contribution in [2.24, 2.45) is 7.05 Å². The van der Waals surface area contributed by atoms with E-state index in [1.54, 1.807) is 0 Å². The van der Waals surface area contributed by atoms with E-state index >= 15 is 0 Å². The third kappa shape index (κ3) is 2.59. The molecule has 0 amide bonds. The maximum absolute atomic E-state index is 4.37. The fourth-order valence-electron chi connectivity index (χ4n) is 2.12. The van der Waals surface area contributed by atoms with E-state index in [0.717, 1.165) is 5.69 Å². The molecule has 2 heterocycles. The molecular weight excluding hydrogens is 224 g/mol. The van der Waals surface area contributed by atoms with Gasteiger partial charge in [-0.3, -0.25) is 9.67 Å². The highest BCUT2D eigenvalue weighted by Gasteiger charge is 2.15. The predicted molar refractivity (Wildman–Crippen MR) is 72.1 cm³/mol. The topological polar surface area (TPSA) is 42.7 Å². The average Bonchev–Trinajstić information content (AvgIpc) is 2.71. The summed E-state index contributed by atoms with van der Waals surface area (Å²) in [5, 5.41) is 7.83. The first kappa shape index (κ1) is 12.8. The zero-order valence-corrected chi connectivity index (χ0v) is 11.4. The van der Waals surface area contributed by atoms with Crippen LogP contribution >= 0.6 is 0 Å². The molecule has 2 rings (SSSR count). The summed E-state index contributed by atoms with van der Waals surface area (Å²) in [6, 6.07) is 6.47. The molecule has 0 aromatic carbocycles. The van der Waals surface area contributed by atoms with Crippen molar-refractivity contribution >= 4 is 0 Å². The Morgan fingerprint density at radius 2 is 2.00 bits per heavy atom. The summed E-state index contributed by atoms with van der Waals surface area (Å²) in [7, 11) is 1.97. The van der Waals surface area contributed by atoms with Crippen molar-refractivity contribution in [2.75, 3.05) is 0 Å². The quantitative estimate of drug-likeness (QED) is 0.898. The molecular formula is C14H20N4. The second-order valence-corrected chi connectivity index (χ2v) is 4.67. The summed E-state index contributed by atoms with van der Waals surface area (Å²) in [6.07, 6.45) is 3.76. The summed E-state index contributed by atoms with van der Waals surface area (Å²) in [5.41, 5.74) is 3.49. The molecule has 2 unspecified atom stereocenters. The van der Waals surface area contributed by atoms with Crippen LogP contribution in [-0.4, -0.2) is 14.8 Å². The van der Waals surface area contributed by atoms with E-state index in [4.69, 9.17) is 0 Å². The van der Waals surface area contributed by atoms with Gasteiger partial charge in [0.25, 0.3) is 0 Å². The minimum atomic E-state index is 0.223. The number of pyridine rings is 1. The zero-order valence-electron chi connectivity index (χ0n) is 11.4. The highest BCUT2D eigenvalue weighted by molar-refractivity contribution is 5.20. The van der Waals surface area contributed by atoms with Gasteiger partial charge >= 0.3 is 0 Å². The normalized spacial score (nSPS) is 14.4. The second kappa shape index (κ2) is 5.31. The molecule has 0 fully saturated rings. The molecule has 0 spiro atoms. The van der Waals surface area contributed by atoms with Crippen molar-refractivity contribution in [3.8, 4) is 0 Å². The van der Waals surface area contributed by atoms with Gasteiger partial charge in [-0.25, -0.2) is 0 Å². The number of hydrogen-bond acceptors (Lipinski definition) is 3. The lowest BCUT2D eigenvalue weighted by Crippen LogP contribution is -2.23. The van der Waals surface area contributed by atoms with E-state index in [0.29, 0.717) is 0 Å². The molecule has 0 aliphatic carbocycles. The van der Waals surface area contributed by atoms with Crippen molar-refractivity contribution in [1.82, 2.24) is 20.1 Å². The van der Waals surface area contributed by atoms with Crippen molar-refractivity contribution in [3.05, 3.63) is 47.5 Å². The van der Waals surface area contributed by atoms with Gasteiger partial charge < -0.3 is 5.32 Å². The van der Waals surface area contributed by atoms with Crippen LogP contribution in [-0.2, 0) is 7.05 Å². The SMILES string of the molecule is Cc1c(C(C)NC(C)c2ccccn2)cnn1C. The Labute approximate surface area is 108 Å². The molecule has 96 valence electrons. The van der Waals surface area contributed by atoms with E-state index in [2.05, 4.69) is 36.2 Å². The van der Waals surface area contributed by atoms with Gasteiger partial charge in [-0.05, 0) is 32.9 Å². The molecule has 0 aliphatic heterocycles. The Morgan fingerprint density at radius 1 is 1.22 bits per heavy atom. The van der Waals surface area contributed by atoms with Gasteiger partial charge in [-0.1, -0.05) is 6.07 Å². The number of nitrogens with one attached hydrogen (secondary N) is 1. The van der Waals surface area contributed by atoms with Crippen LogP contribution in [0.5, 0.6) is 0 Å². The summed E-state index contributed by atoms with van der Waals surface area (Å²) >= 11 is 0. The minimum absolute atomic E-state index is 0.223. The summed E-state index contributed by atoms with van der Waals surface area (Å²) in [5.74, 6) is 0. The lowest BCUT2D eigenvalue weighted by molar-refractivity contribution is 0.484. The number of aryl methyl sites for hydroxylation is 1. The number of hydrogen-bond donors (Lipinski definition) is 1. The molecule has 4 nitrogen and oxygen atoms in total. The van der Waals surface area contributed by atoms with E-state index in [1.807, 2.05) is 42.3 Å². The van der Waals surface area contributed by atoms with Crippen LogP contribution in [0.25, 0.3) is 0 Å². The van der Waals surface area contributed by atoms with Crippen LogP contribution in [0, 0.1) is 6.92 Å². The Balaban J connectivity index is 2.08. The Morgan fingerprint density at radius 3 is 2.56 bits per heavy atom. The molecule has 4 heteroatoms. The van der Waals surface area contributed by atoms with Crippen molar-refractivity contribution in [3.63, 3.8) is 0 Å². The van der Waals surface area contributed by atoms with Crippen LogP contribution in [0.4, 0.5) is 0 Å². The van der Waals surface area contributed by atoms with Crippen LogP contribution in [0.2, 0.25) is 0 Å². The maximum atomic E-state index is 4.37. The van der Waals surface area contributed by atoms with Crippen LogP contribution in [0.3, 0.4) is 0 Å². The first-order valence-corrected chi connectivity index (χ1v) is 6.25. The molecule has 0 saturated heterocycles. The Bertz CT molecular complexity index is 504. The molecule has 18 heavy (non-hydrogen) atoms. The zero-order chi connectivity index (χ0) is 13.1. The molecule has 2 atom stereocenters. The van der Waals surface area contributed by atoms with E-state index in [1.165, 1.54) is 11.3 Å². The van der Waals surface area contributed by atoms with Crippen LogP contribution < -0.4 is 5.32 Å². The van der Waals surface area contributed by atoms with E-state index in [9.17, 15) is 0 Å². The monoisotopic (exact) mass is 244 g/mol. The molecule has 2 aromatic rings. The largest absolute Gasteiger partial charge is 0.302 e. The lowest BCUT2D eigenvalue weighted by Gasteiger charge is -2.19. The van der Waals surface area contributed by atoms with E-state index in [-0.39, 0.29) is 12.1 Å². The van der Waals surface area contributed by atoms with Crippen molar-refractivity contribution in [1.29, 1.82) is 0 Å². The third-order valence-corrected chi connectivity index (χ3v) is 3.37. The molecule has 0 saturated carbocycles. The van der Waals surface area contributed by atoms with E-state index < -0.39 is 0 Å². The molecule has 0 bridgehead atoms. The van der Waals surface area contributed by atoms with Crippen LogP contribution in [0.15, 0.2) is 30.6 Å². The molecule has 1 N–H and O–H groups in total. The number of aromatic nitrogens is 3. The minimum Gasteiger partial charge on any atom is -0.302 e. The van der Waals surface area contributed by atoms with Gasteiger partial charge in [0, 0.05) is 36.6 Å². The molecule has 0 aliphatic rings. The van der Waals surface area contributed by atoms with Gasteiger partial charge in [0.1, 0.15) is 0 Å². The summed E-state index contributed by atoms with van der Waals surface area (Å²) < 4.78 is 1.90. The van der Waals surface area contributed by atoms with Crippen molar-refractivity contribution in [2.45, 2.75) is 32.9 Å². The molecule has 0 radical (unpaired) electrons. The van der Waals surface area contributed by atoms with Gasteiger partial charge in [0.15, 0.2) is 0 Å².